The van der Waals surface area contributed by atoms with Gasteiger partial charge in [0.2, 0.25) is 0 Å². The minimum Gasteiger partial charge on any atom is -0.310 e. The average molecular weight is 359 g/mol. The summed E-state index contributed by atoms with van der Waals surface area (Å²) in [7, 11) is 0. The van der Waals surface area contributed by atoms with Gasteiger partial charge in [-0.25, -0.2) is 13.8 Å². The van der Waals surface area contributed by atoms with Gasteiger partial charge in [-0.3, -0.25) is 4.90 Å². The number of fused-ring (bicyclic) bond motifs is 2. The number of rotatable bonds is 5. The number of halogens is 2. The molecule has 0 spiro atoms. The fraction of sp³-hybridized carbons (Fsp3) is 0.316. The van der Waals surface area contributed by atoms with E-state index < -0.39 is 11.6 Å². The monoisotopic (exact) mass is 359 g/mol. The minimum absolute atomic E-state index is 0.0975. The molecule has 3 heterocycles. The first-order valence-electron chi connectivity index (χ1n) is 8.42. The number of hydrogen-bond acceptors (Lipinski definition) is 4. The number of nitrogens with zero attached hydrogens (tertiary/aromatic N) is 2. The standard InChI is InChI=1S/C19H19F2N3S/c20-16-4-2-13-1-3-15(23-19(13)18(16)21)11-22-7-9-24-8-5-17-14(12-24)6-10-25-17/h1-4,6,10,22H,5,7-9,11-12H2. The summed E-state index contributed by atoms with van der Waals surface area (Å²) in [5, 5.41) is 6.13. The van der Waals surface area contributed by atoms with E-state index in [1.165, 1.54) is 10.4 Å². The zero-order valence-electron chi connectivity index (χ0n) is 13.8. The molecule has 1 aliphatic rings. The van der Waals surface area contributed by atoms with Crippen molar-refractivity contribution < 1.29 is 8.78 Å². The summed E-state index contributed by atoms with van der Waals surface area (Å²) in [6.45, 7) is 4.45. The molecule has 3 nitrogen and oxygen atoms in total. The molecule has 0 amide bonds. The van der Waals surface area contributed by atoms with Crippen LogP contribution in [0, 0.1) is 11.6 Å². The topological polar surface area (TPSA) is 28.2 Å². The average Bonchev–Trinajstić information content (AvgIpc) is 3.10. The second-order valence-electron chi connectivity index (χ2n) is 6.31. The maximum absolute atomic E-state index is 13.8. The zero-order valence-corrected chi connectivity index (χ0v) is 14.6. The van der Waals surface area contributed by atoms with E-state index in [1.807, 2.05) is 17.4 Å². The molecule has 1 aromatic carbocycles. The summed E-state index contributed by atoms with van der Waals surface area (Å²) in [6, 6.07) is 8.53. The molecule has 2 aromatic heterocycles. The van der Waals surface area contributed by atoms with Crippen molar-refractivity contribution in [2.45, 2.75) is 19.5 Å². The summed E-state index contributed by atoms with van der Waals surface area (Å²) in [4.78, 5) is 8.20. The first kappa shape index (κ1) is 16.6. The number of pyridine rings is 1. The van der Waals surface area contributed by atoms with Crippen molar-refractivity contribution in [2.24, 2.45) is 0 Å². The first-order chi connectivity index (χ1) is 12.2. The van der Waals surface area contributed by atoms with Crippen molar-refractivity contribution in [3.8, 4) is 0 Å². The summed E-state index contributed by atoms with van der Waals surface area (Å²) >= 11 is 1.85. The van der Waals surface area contributed by atoms with Crippen LogP contribution in [0.5, 0.6) is 0 Å². The highest BCUT2D eigenvalue weighted by atomic mass is 32.1. The number of thiophene rings is 1. The molecule has 0 saturated carbocycles. The summed E-state index contributed by atoms with van der Waals surface area (Å²) in [5.41, 5.74) is 2.26. The zero-order chi connectivity index (χ0) is 17.2. The summed E-state index contributed by atoms with van der Waals surface area (Å²) in [5.74, 6) is -1.73. The second-order valence-corrected chi connectivity index (χ2v) is 7.31. The predicted molar refractivity (Wildman–Crippen MR) is 96.7 cm³/mol. The Balaban J connectivity index is 1.32. The van der Waals surface area contributed by atoms with Gasteiger partial charge in [0.25, 0.3) is 0 Å². The summed E-state index contributed by atoms with van der Waals surface area (Å²) < 4.78 is 27.2. The SMILES string of the molecule is Fc1ccc2ccc(CNCCN3CCc4sccc4C3)nc2c1F. The molecule has 25 heavy (non-hydrogen) atoms. The molecule has 0 fully saturated rings. The van der Waals surface area contributed by atoms with Gasteiger partial charge in [-0.1, -0.05) is 6.07 Å². The molecule has 6 heteroatoms. The van der Waals surface area contributed by atoms with Crippen molar-refractivity contribution in [3.63, 3.8) is 0 Å². The maximum atomic E-state index is 13.8. The van der Waals surface area contributed by atoms with Gasteiger partial charge in [0, 0.05) is 43.0 Å². The fourth-order valence-corrected chi connectivity index (χ4v) is 4.11. The van der Waals surface area contributed by atoms with Gasteiger partial charge < -0.3 is 5.32 Å². The van der Waals surface area contributed by atoms with E-state index in [0.29, 0.717) is 11.9 Å². The van der Waals surface area contributed by atoms with Gasteiger partial charge in [0.05, 0.1) is 5.69 Å². The Bertz CT molecular complexity index is 894. The van der Waals surface area contributed by atoms with E-state index >= 15 is 0 Å². The largest absolute Gasteiger partial charge is 0.310 e. The van der Waals surface area contributed by atoms with Crippen molar-refractivity contribution in [2.75, 3.05) is 19.6 Å². The molecule has 0 radical (unpaired) electrons. The van der Waals surface area contributed by atoms with Crippen LogP contribution in [0.1, 0.15) is 16.1 Å². The van der Waals surface area contributed by atoms with Gasteiger partial charge in [0.1, 0.15) is 5.52 Å². The van der Waals surface area contributed by atoms with Gasteiger partial charge >= 0.3 is 0 Å². The van der Waals surface area contributed by atoms with Gasteiger partial charge in [-0.15, -0.1) is 11.3 Å². The molecule has 1 aliphatic heterocycles. The van der Waals surface area contributed by atoms with Crippen molar-refractivity contribution in [1.82, 2.24) is 15.2 Å². The molecule has 0 unspecified atom stereocenters. The van der Waals surface area contributed by atoms with Crippen molar-refractivity contribution in [1.29, 1.82) is 0 Å². The molecule has 0 atom stereocenters. The van der Waals surface area contributed by atoms with E-state index in [0.717, 1.165) is 44.4 Å². The lowest BCUT2D eigenvalue weighted by molar-refractivity contribution is 0.255. The maximum Gasteiger partial charge on any atom is 0.184 e. The number of hydrogen-bond donors (Lipinski definition) is 1. The van der Waals surface area contributed by atoms with Crippen LogP contribution < -0.4 is 5.32 Å². The molecular weight excluding hydrogens is 340 g/mol. The number of aromatic nitrogens is 1. The normalized spacial score (nSPS) is 14.8. The first-order valence-corrected chi connectivity index (χ1v) is 9.30. The highest BCUT2D eigenvalue weighted by Gasteiger charge is 2.16. The predicted octanol–water partition coefficient (Wildman–Crippen LogP) is 3.72. The minimum atomic E-state index is -0.876. The molecule has 130 valence electrons. The Hall–Kier alpha value is -1.89. The Morgan fingerprint density at radius 3 is 2.96 bits per heavy atom. The number of nitrogens with one attached hydrogen (secondary N) is 1. The third-order valence-electron chi connectivity index (χ3n) is 4.61. The fourth-order valence-electron chi connectivity index (χ4n) is 3.22. The molecule has 0 bridgehead atoms. The molecule has 0 aliphatic carbocycles. The van der Waals surface area contributed by atoms with Crippen LogP contribution in [-0.4, -0.2) is 29.5 Å². The highest BCUT2D eigenvalue weighted by Crippen LogP contribution is 2.23. The molecule has 1 N–H and O–H groups in total. The highest BCUT2D eigenvalue weighted by molar-refractivity contribution is 7.10. The van der Waals surface area contributed by atoms with Crippen LogP contribution in [0.2, 0.25) is 0 Å². The van der Waals surface area contributed by atoms with E-state index in [2.05, 4.69) is 26.6 Å². The van der Waals surface area contributed by atoms with Crippen LogP contribution in [0.15, 0.2) is 35.7 Å². The lowest BCUT2D eigenvalue weighted by atomic mass is 10.1. The van der Waals surface area contributed by atoms with Crippen molar-refractivity contribution in [3.05, 3.63) is 63.5 Å². The lowest BCUT2D eigenvalue weighted by Crippen LogP contribution is -2.35. The third kappa shape index (κ3) is 3.56. The second kappa shape index (κ2) is 7.15. The number of benzene rings is 1. The van der Waals surface area contributed by atoms with Gasteiger partial charge in [-0.05, 0) is 41.6 Å². The van der Waals surface area contributed by atoms with E-state index in [-0.39, 0.29) is 5.52 Å². The Labute approximate surface area is 149 Å². The van der Waals surface area contributed by atoms with E-state index in [4.69, 9.17) is 0 Å². The lowest BCUT2D eigenvalue weighted by Gasteiger charge is -2.26. The van der Waals surface area contributed by atoms with Crippen LogP contribution in [0.3, 0.4) is 0 Å². The molecular formula is C19H19F2N3S. The van der Waals surface area contributed by atoms with E-state index in [9.17, 15) is 8.78 Å². The van der Waals surface area contributed by atoms with Crippen LogP contribution in [-0.2, 0) is 19.5 Å². The van der Waals surface area contributed by atoms with Crippen LogP contribution in [0.4, 0.5) is 8.78 Å². The van der Waals surface area contributed by atoms with Gasteiger partial charge in [0.15, 0.2) is 11.6 Å². The van der Waals surface area contributed by atoms with E-state index in [1.54, 1.807) is 12.1 Å². The van der Waals surface area contributed by atoms with Crippen LogP contribution >= 0.6 is 11.3 Å². The third-order valence-corrected chi connectivity index (χ3v) is 5.63. The van der Waals surface area contributed by atoms with Crippen LogP contribution in [0.25, 0.3) is 10.9 Å². The quantitative estimate of drug-likeness (QED) is 0.704. The smallest absolute Gasteiger partial charge is 0.184 e. The molecule has 3 aromatic rings. The summed E-state index contributed by atoms with van der Waals surface area (Å²) in [6.07, 6.45) is 1.13. The van der Waals surface area contributed by atoms with Crippen molar-refractivity contribution >= 4 is 22.2 Å². The molecule has 4 rings (SSSR count). The Morgan fingerprint density at radius 1 is 1.16 bits per heavy atom. The molecule has 0 saturated heterocycles. The Kier molecular flexibility index (Phi) is 4.74. The Morgan fingerprint density at radius 2 is 2.04 bits per heavy atom. The van der Waals surface area contributed by atoms with Gasteiger partial charge in [-0.2, -0.15) is 0 Å².